The van der Waals surface area contributed by atoms with Gasteiger partial charge in [0.2, 0.25) is 0 Å². The number of hydrogen-bond donors (Lipinski definition) is 1. The maximum Gasteiger partial charge on any atom is 0.264 e. The first kappa shape index (κ1) is 20.6. The van der Waals surface area contributed by atoms with E-state index in [0.29, 0.717) is 11.3 Å². The van der Waals surface area contributed by atoms with Crippen molar-refractivity contribution in [1.82, 2.24) is 0 Å². The van der Waals surface area contributed by atoms with E-state index in [0.717, 1.165) is 16.8 Å². The van der Waals surface area contributed by atoms with E-state index in [1.165, 1.54) is 4.31 Å². The standard InChI is InChI=1S/C23H24N2O3S/c1-4-25(29(27,28)21-8-6-5-7-9-21)20-14-12-19(13-15-20)23(26)24-22-16-17(2)10-11-18(22)3/h5-16H,4H2,1-3H3,(H,24,26). The summed E-state index contributed by atoms with van der Waals surface area (Å²) in [6.45, 7) is 5.97. The van der Waals surface area contributed by atoms with Crippen molar-refractivity contribution in [3.63, 3.8) is 0 Å². The molecule has 0 radical (unpaired) electrons. The zero-order valence-corrected chi connectivity index (χ0v) is 17.5. The molecular weight excluding hydrogens is 384 g/mol. The molecular formula is C23H24N2O3S. The van der Waals surface area contributed by atoms with Crippen LogP contribution in [0.15, 0.2) is 77.7 Å². The molecule has 0 bridgehead atoms. The number of anilines is 2. The summed E-state index contributed by atoms with van der Waals surface area (Å²) in [5.41, 5.74) is 3.78. The van der Waals surface area contributed by atoms with Crippen molar-refractivity contribution in [2.45, 2.75) is 25.7 Å². The highest BCUT2D eigenvalue weighted by molar-refractivity contribution is 7.92. The Morgan fingerprint density at radius 2 is 1.59 bits per heavy atom. The fourth-order valence-electron chi connectivity index (χ4n) is 3.06. The van der Waals surface area contributed by atoms with Crippen LogP contribution in [-0.2, 0) is 10.0 Å². The summed E-state index contributed by atoms with van der Waals surface area (Å²) >= 11 is 0. The molecule has 0 heterocycles. The first-order chi connectivity index (χ1) is 13.8. The molecule has 0 fully saturated rings. The molecule has 3 rings (SSSR count). The zero-order valence-electron chi connectivity index (χ0n) is 16.7. The molecule has 0 saturated heterocycles. The Morgan fingerprint density at radius 1 is 0.931 bits per heavy atom. The molecule has 150 valence electrons. The highest BCUT2D eigenvalue weighted by Crippen LogP contribution is 2.24. The van der Waals surface area contributed by atoms with E-state index in [9.17, 15) is 13.2 Å². The second kappa shape index (κ2) is 8.49. The van der Waals surface area contributed by atoms with Crippen LogP contribution in [0.2, 0.25) is 0 Å². The van der Waals surface area contributed by atoms with Crippen molar-refractivity contribution < 1.29 is 13.2 Å². The summed E-state index contributed by atoms with van der Waals surface area (Å²) in [6, 6.07) is 20.8. The van der Waals surface area contributed by atoms with Crippen LogP contribution >= 0.6 is 0 Å². The summed E-state index contributed by atoms with van der Waals surface area (Å²) in [5, 5.41) is 2.92. The minimum absolute atomic E-state index is 0.235. The van der Waals surface area contributed by atoms with E-state index in [4.69, 9.17) is 0 Å². The second-order valence-electron chi connectivity index (χ2n) is 6.80. The molecule has 29 heavy (non-hydrogen) atoms. The van der Waals surface area contributed by atoms with Crippen LogP contribution in [0.5, 0.6) is 0 Å². The fraction of sp³-hybridized carbons (Fsp3) is 0.174. The van der Waals surface area contributed by atoms with Crippen molar-refractivity contribution >= 4 is 27.3 Å². The quantitative estimate of drug-likeness (QED) is 0.639. The van der Waals surface area contributed by atoms with Crippen LogP contribution in [0.4, 0.5) is 11.4 Å². The summed E-state index contributed by atoms with van der Waals surface area (Å²) in [4.78, 5) is 12.8. The van der Waals surface area contributed by atoms with E-state index in [1.807, 2.05) is 32.0 Å². The minimum atomic E-state index is -3.66. The van der Waals surface area contributed by atoms with E-state index < -0.39 is 10.0 Å². The molecule has 3 aromatic carbocycles. The van der Waals surface area contributed by atoms with Gasteiger partial charge in [0.25, 0.3) is 15.9 Å². The van der Waals surface area contributed by atoms with Gasteiger partial charge in [-0.25, -0.2) is 8.42 Å². The number of carbonyl (C=O) groups is 1. The normalized spacial score (nSPS) is 11.1. The Bertz CT molecular complexity index is 1110. The van der Waals surface area contributed by atoms with Gasteiger partial charge in [0.1, 0.15) is 0 Å². The van der Waals surface area contributed by atoms with Gasteiger partial charge in [0, 0.05) is 17.8 Å². The molecule has 0 aliphatic carbocycles. The molecule has 0 aromatic heterocycles. The number of nitrogens with one attached hydrogen (secondary N) is 1. The van der Waals surface area contributed by atoms with Gasteiger partial charge in [-0.1, -0.05) is 30.3 Å². The molecule has 6 heteroatoms. The lowest BCUT2D eigenvalue weighted by Crippen LogP contribution is -2.30. The van der Waals surface area contributed by atoms with E-state index in [2.05, 4.69) is 5.32 Å². The predicted octanol–water partition coefficient (Wildman–Crippen LogP) is 4.77. The van der Waals surface area contributed by atoms with Gasteiger partial charge >= 0.3 is 0 Å². The number of rotatable bonds is 6. The Morgan fingerprint density at radius 3 is 2.21 bits per heavy atom. The van der Waals surface area contributed by atoms with E-state index in [1.54, 1.807) is 61.5 Å². The molecule has 5 nitrogen and oxygen atoms in total. The van der Waals surface area contributed by atoms with Crippen LogP contribution < -0.4 is 9.62 Å². The van der Waals surface area contributed by atoms with Crippen LogP contribution in [0.3, 0.4) is 0 Å². The van der Waals surface area contributed by atoms with Crippen molar-refractivity contribution in [2.24, 2.45) is 0 Å². The van der Waals surface area contributed by atoms with Crippen LogP contribution in [0.25, 0.3) is 0 Å². The fourth-order valence-corrected chi connectivity index (χ4v) is 4.55. The number of carbonyl (C=O) groups excluding carboxylic acids is 1. The monoisotopic (exact) mass is 408 g/mol. The molecule has 3 aromatic rings. The van der Waals surface area contributed by atoms with Crippen LogP contribution in [-0.4, -0.2) is 20.9 Å². The van der Waals surface area contributed by atoms with Gasteiger partial charge in [-0.3, -0.25) is 9.10 Å². The average Bonchev–Trinajstić information content (AvgIpc) is 2.72. The molecule has 0 unspecified atom stereocenters. The molecule has 0 saturated carbocycles. The number of benzene rings is 3. The number of hydrogen-bond acceptors (Lipinski definition) is 3. The number of nitrogens with zero attached hydrogens (tertiary/aromatic N) is 1. The third-order valence-electron chi connectivity index (χ3n) is 4.68. The van der Waals surface area contributed by atoms with Crippen molar-refractivity contribution in [1.29, 1.82) is 0 Å². The van der Waals surface area contributed by atoms with Gasteiger partial charge in [0.05, 0.1) is 10.6 Å². The molecule has 0 spiro atoms. The van der Waals surface area contributed by atoms with Gasteiger partial charge in [-0.15, -0.1) is 0 Å². The predicted molar refractivity (Wildman–Crippen MR) is 117 cm³/mol. The van der Waals surface area contributed by atoms with Crippen molar-refractivity contribution in [2.75, 3.05) is 16.2 Å². The van der Waals surface area contributed by atoms with Gasteiger partial charge in [-0.2, -0.15) is 0 Å². The molecule has 0 aliphatic rings. The summed E-state index contributed by atoms with van der Waals surface area (Å²) in [6.07, 6.45) is 0. The van der Waals surface area contributed by atoms with Crippen molar-refractivity contribution in [3.05, 3.63) is 89.5 Å². The lowest BCUT2D eigenvalue weighted by atomic mass is 10.1. The first-order valence-electron chi connectivity index (χ1n) is 9.39. The van der Waals surface area contributed by atoms with Gasteiger partial charge < -0.3 is 5.32 Å². The Labute approximate surface area is 172 Å². The summed E-state index contributed by atoms with van der Waals surface area (Å²) < 4.78 is 27.2. The third kappa shape index (κ3) is 4.49. The Kier molecular flexibility index (Phi) is 6.03. The minimum Gasteiger partial charge on any atom is -0.322 e. The smallest absolute Gasteiger partial charge is 0.264 e. The number of aryl methyl sites for hydroxylation is 2. The first-order valence-corrected chi connectivity index (χ1v) is 10.8. The lowest BCUT2D eigenvalue weighted by molar-refractivity contribution is 0.102. The largest absolute Gasteiger partial charge is 0.322 e. The topological polar surface area (TPSA) is 66.5 Å². The van der Waals surface area contributed by atoms with Gasteiger partial charge in [0.15, 0.2) is 0 Å². The van der Waals surface area contributed by atoms with Crippen molar-refractivity contribution in [3.8, 4) is 0 Å². The van der Waals surface area contributed by atoms with Gasteiger partial charge in [-0.05, 0) is 74.4 Å². The van der Waals surface area contributed by atoms with Crippen LogP contribution in [0.1, 0.15) is 28.4 Å². The van der Waals surface area contributed by atoms with E-state index in [-0.39, 0.29) is 17.3 Å². The highest BCUT2D eigenvalue weighted by atomic mass is 32.2. The lowest BCUT2D eigenvalue weighted by Gasteiger charge is -2.23. The Balaban J connectivity index is 1.83. The maximum absolute atomic E-state index is 12.9. The number of amides is 1. The SMILES string of the molecule is CCN(c1ccc(C(=O)Nc2cc(C)ccc2C)cc1)S(=O)(=O)c1ccccc1. The molecule has 0 atom stereocenters. The maximum atomic E-state index is 12.9. The third-order valence-corrected chi connectivity index (χ3v) is 6.59. The number of sulfonamides is 1. The summed E-state index contributed by atoms with van der Waals surface area (Å²) in [5.74, 6) is -0.237. The molecule has 1 amide bonds. The molecule has 0 aliphatic heterocycles. The highest BCUT2D eigenvalue weighted by Gasteiger charge is 2.23. The Hall–Kier alpha value is -3.12. The van der Waals surface area contributed by atoms with E-state index >= 15 is 0 Å². The van der Waals surface area contributed by atoms with Crippen LogP contribution in [0, 0.1) is 13.8 Å². The zero-order chi connectivity index (χ0) is 21.0. The summed E-state index contributed by atoms with van der Waals surface area (Å²) in [7, 11) is -3.66. The molecule has 1 N–H and O–H groups in total. The second-order valence-corrected chi connectivity index (χ2v) is 8.66. The average molecular weight is 409 g/mol.